The number of amidine groups is 2. The van der Waals surface area contributed by atoms with Gasteiger partial charge in [-0.2, -0.15) is 4.99 Å². The topological polar surface area (TPSA) is 75.0 Å². The van der Waals surface area contributed by atoms with Crippen LogP contribution in [0.4, 0.5) is 0 Å². The minimum absolute atomic E-state index is 0.103. The molecule has 3 aromatic rings. The van der Waals surface area contributed by atoms with Gasteiger partial charge in [0.25, 0.3) is 5.91 Å². The summed E-state index contributed by atoms with van der Waals surface area (Å²) in [6.07, 6.45) is 1.69. The predicted octanol–water partition coefficient (Wildman–Crippen LogP) is 6.56. The van der Waals surface area contributed by atoms with E-state index in [1.165, 1.54) is 16.7 Å². The molecule has 186 valence electrons. The van der Waals surface area contributed by atoms with Crippen molar-refractivity contribution in [2.24, 2.45) is 4.99 Å². The number of hydrogen-bond donors (Lipinski definition) is 1. The molecule has 2 heterocycles. The van der Waals surface area contributed by atoms with E-state index >= 15 is 0 Å². The van der Waals surface area contributed by atoms with Crippen molar-refractivity contribution in [3.05, 3.63) is 101 Å². The molecule has 0 fully saturated rings. The normalized spacial score (nSPS) is 15.9. The molecular formula is C29H25N3O3S2. The number of benzene rings is 3. The summed E-state index contributed by atoms with van der Waals surface area (Å²) in [6, 6.07) is 25.6. The van der Waals surface area contributed by atoms with Crippen molar-refractivity contribution in [1.29, 1.82) is 5.41 Å². The van der Waals surface area contributed by atoms with Gasteiger partial charge in [0.1, 0.15) is 5.84 Å². The molecule has 0 saturated heterocycles. The average molecular weight is 528 g/mol. The van der Waals surface area contributed by atoms with Gasteiger partial charge in [0.05, 0.1) is 24.5 Å². The molecule has 2 aliphatic rings. The lowest BCUT2D eigenvalue weighted by Crippen LogP contribution is -2.38. The van der Waals surface area contributed by atoms with Crippen molar-refractivity contribution >= 4 is 52.2 Å². The Morgan fingerprint density at radius 2 is 1.76 bits per heavy atom. The number of carbonyl (C=O) groups is 1. The first-order valence-electron chi connectivity index (χ1n) is 11.9. The van der Waals surface area contributed by atoms with E-state index in [0.29, 0.717) is 29.9 Å². The molecule has 0 aromatic heterocycles. The molecule has 5 rings (SSSR count). The molecule has 0 aliphatic carbocycles. The predicted molar refractivity (Wildman–Crippen MR) is 152 cm³/mol. The zero-order chi connectivity index (χ0) is 25.6. The lowest BCUT2D eigenvalue weighted by atomic mass is 10.1. The molecular weight excluding hydrogens is 502 g/mol. The van der Waals surface area contributed by atoms with Crippen LogP contribution in [-0.2, 0) is 4.79 Å². The van der Waals surface area contributed by atoms with Crippen molar-refractivity contribution in [3.8, 4) is 11.5 Å². The van der Waals surface area contributed by atoms with Crippen LogP contribution in [0.1, 0.15) is 18.1 Å². The Balaban J connectivity index is 1.33. The zero-order valence-corrected chi connectivity index (χ0v) is 21.9. The van der Waals surface area contributed by atoms with Gasteiger partial charge in [-0.15, -0.1) is 11.8 Å². The molecule has 1 N–H and O–H groups in total. The molecule has 0 atom stereocenters. The molecule has 6 nitrogen and oxygen atoms in total. The maximum atomic E-state index is 12.8. The number of hydrogen-bond acceptors (Lipinski definition) is 6. The van der Waals surface area contributed by atoms with Crippen LogP contribution in [0.5, 0.6) is 11.5 Å². The van der Waals surface area contributed by atoms with Gasteiger partial charge in [-0.05, 0) is 48.4 Å². The fraction of sp³-hybridized carbons (Fsp3) is 0.138. The standard InChI is InChI=1S/C29H25N3O3S2/c1-2-34-26-18-20(13-14-25(26)35-15-16-36-22-11-7-4-8-12-22)17-23-27(30)32-24(21-9-5-3-6-10-21)19-37-29(32)31-28(23)33/h3-14,17-19,30H,2,15-16H2,1H3/b23-17-,30-27?. The third-order valence-corrected chi connectivity index (χ3v) is 7.42. The monoisotopic (exact) mass is 527 g/mol. The van der Waals surface area contributed by atoms with E-state index in [2.05, 4.69) is 17.1 Å². The Bertz CT molecular complexity index is 1400. The number of rotatable bonds is 9. The summed E-state index contributed by atoms with van der Waals surface area (Å²) < 4.78 is 11.8. The second kappa shape index (κ2) is 11.5. The van der Waals surface area contributed by atoms with E-state index in [1.54, 1.807) is 22.7 Å². The number of thioether (sulfide) groups is 2. The van der Waals surface area contributed by atoms with Crippen LogP contribution in [0.25, 0.3) is 11.8 Å². The Morgan fingerprint density at radius 1 is 1.00 bits per heavy atom. The lowest BCUT2D eigenvalue weighted by molar-refractivity contribution is -0.114. The summed E-state index contributed by atoms with van der Waals surface area (Å²) in [6.45, 7) is 2.93. The first-order valence-corrected chi connectivity index (χ1v) is 13.7. The second-order valence-corrected chi connectivity index (χ2v) is 10.1. The average Bonchev–Trinajstić information content (AvgIpc) is 3.35. The Kier molecular flexibility index (Phi) is 7.77. The number of ether oxygens (including phenoxy) is 2. The second-order valence-electron chi connectivity index (χ2n) is 8.08. The molecule has 1 amide bonds. The molecule has 0 saturated carbocycles. The highest BCUT2D eigenvalue weighted by atomic mass is 32.2. The van der Waals surface area contributed by atoms with Gasteiger partial charge in [-0.1, -0.05) is 66.4 Å². The highest BCUT2D eigenvalue weighted by molar-refractivity contribution is 8.17. The molecule has 0 unspecified atom stereocenters. The van der Waals surface area contributed by atoms with Crippen LogP contribution < -0.4 is 9.47 Å². The maximum absolute atomic E-state index is 12.8. The van der Waals surface area contributed by atoms with Crippen molar-refractivity contribution in [1.82, 2.24) is 4.90 Å². The first kappa shape index (κ1) is 24.9. The SMILES string of the molecule is CCOc1cc(/C=C2/C(=N)N3C(c4ccccc4)=CSC3=NC2=O)ccc1OCCSc1ccccc1. The largest absolute Gasteiger partial charge is 0.490 e. The number of nitrogens with one attached hydrogen (secondary N) is 1. The summed E-state index contributed by atoms with van der Waals surface area (Å²) in [7, 11) is 0. The number of amides is 1. The van der Waals surface area contributed by atoms with E-state index in [-0.39, 0.29) is 11.4 Å². The Morgan fingerprint density at radius 3 is 2.51 bits per heavy atom. The van der Waals surface area contributed by atoms with Gasteiger partial charge in [-0.25, -0.2) is 0 Å². The van der Waals surface area contributed by atoms with Gasteiger partial charge in [0.2, 0.25) is 0 Å². The smallest absolute Gasteiger partial charge is 0.283 e. The lowest BCUT2D eigenvalue weighted by Gasteiger charge is -2.27. The van der Waals surface area contributed by atoms with Crippen LogP contribution in [0, 0.1) is 5.41 Å². The summed E-state index contributed by atoms with van der Waals surface area (Å²) in [5.41, 5.74) is 2.76. The number of fused-ring (bicyclic) bond motifs is 1. The fourth-order valence-electron chi connectivity index (χ4n) is 3.91. The van der Waals surface area contributed by atoms with Gasteiger partial charge in [-0.3, -0.25) is 15.1 Å². The van der Waals surface area contributed by atoms with Crippen LogP contribution in [0.2, 0.25) is 0 Å². The third kappa shape index (κ3) is 5.65. The highest BCUT2D eigenvalue weighted by Gasteiger charge is 2.36. The fourth-order valence-corrected chi connectivity index (χ4v) is 5.55. The molecule has 0 spiro atoms. The van der Waals surface area contributed by atoms with E-state index in [4.69, 9.17) is 14.9 Å². The summed E-state index contributed by atoms with van der Waals surface area (Å²) in [5.74, 6) is 1.72. The van der Waals surface area contributed by atoms with E-state index in [9.17, 15) is 4.79 Å². The maximum Gasteiger partial charge on any atom is 0.283 e. The highest BCUT2D eigenvalue weighted by Crippen LogP contribution is 2.38. The Labute approximate surface area is 224 Å². The molecule has 0 radical (unpaired) electrons. The van der Waals surface area contributed by atoms with Crippen molar-refractivity contribution in [2.45, 2.75) is 11.8 Å². The molecule has 37 heavy (non-hydrogen) atoms. The Hall–Kier alpha value is -3.75. The quantitative estimate of drug-likeness (QED) is 0.193. The van der Waals surface area contributed by atoms with Crippen LogP contribution in [-0.4, -0.2) is 40.8 Å². The minimum atomic E-state index is -0.428. The van der Waals surface area contributed by atoms with Crippen LogP contribution in [0.15, 0.2) is 99.7 Å². The number of carbonyl (C=O) groups excluding carboxylic acids is 1. The van der Waals surface area contributed by atoms with Crippen LogP contribution >= 0.6 is 23.5 Å². The number of nitrogens with zero attached hydrogens (tertiary/aromatic N) is 2. The van der Waals surface area contributed by atoms with Crippen molar-refractivity contribution < 1.29 is 14.3 Å². The van der Waals surface area contributed by atoms with Crippen molar-refractivity contribution in [2.75, 3.05) is 19.0 Å². The van der Waals surface area contributed by atoms with E-state index < -0.39 is 5.91 Å². The first-order chi connectivity index (χ1) is 18.1. The third-order valence-electron chi connectivity index (χ3n) is 5.62. The molecule has 3 aromatic carbocycles. The van der Waals surface area contributed by atoms with Gasteiger partial charge in [0, 0.05) is 16.1 Å². The van der Waals surface area contributed by atoms with Crippen LogP contribution in [0.3, 0.4) is 0 Å². The number of aliphatic imine (C=N–C) groups is 1. The summed E-state index contributed by atoms with van der Waals surface area (Å²) in [5, 5.41) is 11.3. The molecule has 0 bridgehead atoms. The van der Waals surface area contributed by atoms with E-state index in [1.807, 2.05) is 79.1 Å². The van der Waals surface area contributed by atoms with Gasteiger partial charge >= 0.3 is 0 Å². The summed E-state index contributed by atoms with van der Waals surface area (Å²) >= 11 is 3.08. The van der Waals surface area contributed by atoms with Crippen molar-refractivity contribution in [3.63, 3.8) is 0 Å². The van der Waals surface area contributed by atoms with E-state index in [0.717, 1.165) is 22.6 Å². The zero-order valence-electron chi connectivity index (χ0n) is 20.2. The van der Waals surface area contributed by atoms with Gasteiger partial charge in [0.15, 0.2) is 16.7 Å². The minimum Gasteiger partial charge on any atom is -0.490 e. The summed E-state index contributed by atoms with van der Waals surface area (Å²) in [4.78, 5) is 20.0. The molecule has 2 aliphatic heterocycles. The van der Waals surface area contributed by atoms with Gasteiger partial charge < -0.3 is 9.47 Å². The molecule has 8 heteroatoms.